The highest BCUT2D eigenvalue weighted by Crippen LogP contribution is 2.43. The Morgan fingerprint density at radius 3 is 2.64 bits per heavy atom. The van der Waals surface area contributed by atoms with Gasteiger partial charge < -0.3 is 15.2 Å². The highest BCUT2D eigenvalue weighted by atomic mass is 79.9. The van der Waals surface area contributed by atoms with Crippen molar-refractivity contribution in [3.05, 3.63) is 63.6 Å². The molecule has 1 heterocycles. The molecule has 0 bridgehead atoms. The normalized spacial score (nSPS) is 20.1. The largest absolute Gasteiger partial charge is 0.506 e. The van der Waals surface area contributed by atoms with Crippen LogP contribution in [0.4, 0.5) is 0 Å². The Morgan fingerprint density at radius 2 is 1.95 bits per heavy atom. The molecule has 2 N–H and O–H groups in total. The van der Waals surface area contributed by atoms with Crippen LogP contribution in [-0.2, 0) is 11.2 Å². The van der Waals surface area contributed by atoms with Crippen molar-refractivity contribution < 1.29 is 9.84 Å². The van der Waals surface area contributed by atoms with Crippen LogP contribution < -0.4 is 5.32 Å². The van der Waals surface area contributed by atoms with Crippen molar-refractivity contribution in [3.8, 4) is 5.75 Å². The van der Waals surface area contributed by atoms with Crippen LogP contribution in [0.2, 0.25) is 0 Å². The van der Waals surface area contributed by atoms with E-state index in [1.54, 1.807) is 0 Å². The summed E-state index contributed by atoms with van der Waals surface area (Å²) in [5, 5.41) is 13.5. The number of ether oxygens (including phenoxy) is 1. The van der Waals surface area contributed by atoms with Gasteiger partial charge in [-0.1, -0.05) is 36.4 Å². The molecule has 0 saturated heterocycles. The van der Waals surface area contributed by atoms with Crippen molar-refractivity contribution in [2.24, 2.45) is 0 Å². The van der Waals surface area contributed by atoms with E-state index in [0.29, 0.717) is 12.2 Å². The van der Waals surface area contributed by atoms with Crippen LogP contribution in [0.1, 0.15) is 28.9 Å². The molecular weight excluding hydrogens is 366 g/mol. The Labute approximate surface area is 145 Å². The predicted molar refractivity (Wildman–Crippen MR) is 93.7 cm³/mol. The molecule has 2 aromatic carbocycles. The number of phenolic OH excluding ortho intramolecular Hbond substituents is 1. The summed E-state index contributed by atoms with van der Waals surface area (Å²) >= 11 is 3.40. The zero-order valence-electron chi connectivity index (χ0n) is 12.3. The van der Waals surface area contributed by atoms with Crippen LogP contribution in [0.5, 0.6) is 5.75 Å². The number of benzene rings is 2. The second kappa shape index (κ2) is 7.47. The first kappa shape index (κ1) is 17.3. The zero-order chi connectivity index (χ0) is 14.8. The fourth-order valence-corrected chi connectivity index (χ4v) is 3.22. The maximum atomic E-state index is 10.4. The van der Waals surface area contributed by atoms with E-state index in [1.807, 2.05) is 37.4 Å². The van der Waals surface area contributed by atoms with Crippen molar-refractivity contribution >= 4 is 28.3 Å². The Bertz CT molecular complexity index is 636. The molecule has 0 unspecified atom stereocenters. The van der Waals surface area contributed by atoms with Crippen molar-refractivity contribution in [1.29, 1.82) is 0 Å². The van der Waals surface area contributed by atoms with Gasteiger partial charge in [-0.05, 0) is 40.2 Å². The topological polar surface area (TPSA) is 41.5 Å². The summed E-state index contributed by atoms with van der Waals surface area (Å²) in [6.07, 6.45) is 0.602. The van der Waals surface area contributed by atoms with E-state index in [4.69, 9.17) is 4.74 Å². The number of fused-ring (bicyclic) bond motifs is 1. The number of halogens is 2. The summed E-state index contributed by atoms with van der Waals surface area (Å²) in [6, 6.07) is 14.1. The van der Waals surface area contributed by atoms with Crippen LogP contribution in [0.3, 0.4) is 0 Å². The van der Waals surface area contributed by atoms with Gasteiger partial charge in [0.25, 0.3) is 0 Å². The van der Waals surface area contributed by atoms with Crippen molar-refractivity contribution in [2.45, 2.75) is 18.6 Å². The summed E-state index contributed by atoms with van der Waals surface area (Å²) < 4.78 is 6.98. The average molecular weight is 385 g/mol. The lowest BCUT2D eigenvalue weighted by Crippen LogP contribution is -2.27. The molecule has 1 aliphatic rings. The molecule has 2 atom stereocenters. The van der Waals surface area contributed by atoms with Crippen LogP contribution in [0, 0.1) is 0 Å². The molecule has 5 heteroatoms. The number of nitrogens with one attached hydrogen (secondary N) is 1. The van der Waals surface area contributed by atoms with E-state index in [-0.39, 0.29) is 24.6 Å². The molecule has 22 heavy (non-hydrogen) atoms. The minimum atomic E-state index is -0.0528. The molecule has 0 spiro atoms. The van der Waals surface area contributed by atoms with E-state index >= 15 is 0 Å². The Balaban J connectivity index is 0.00000176. The Morgan fingerprint density at radius 1 is 1.23 bits per heavy atom. The van der Waals surface area contributed by atoms with E-state index in [0.717, 1.165) is 27.7 Å². The lowest BCUT2D eigenvalue weighted by Gasteiger charge is -2.33. The van der Waals surface area contributed by atoms with Gasteiger partial charge in [0, 0.05) is 18.5 Å². The molecule has 0 aliphatic carbocycles. The number of aromatic hydroxyl groups is 1. The molecule has 3 nitrogen and oxygen atoms in total. The fourth-order valence-electron chi connectivity index (χ4n) is 2.85. The minimum Gasteiger partial charge on any atom is -0.506 e. The molecular formula is C17H19BrClNO2. The van der Waals surface area contributed by atoms with Crippen LogP contribution in [0.15, 0.2) is 46.9 Å². The van der Waals surface area contributed by atoms with Gasteiger partial charge in [0.05, 0.1) is 16.7 Å². The van der Waals surface area contributed by atoms with Gasteiger partial charge in [-0.2, -0.15) is 0 Å². The van der Waals surface area contributed by atoms with E-state index < -0.39 is 0 Å². The van der Waals surface area contributed by atoms with E-state index in [9.17, 15) is 5.11 Å². The quantitative estimate of drug-likeness (QED) is 0.835. The molecule has 2 aromatic rings. The van der Waals surface area contributed by atoms with Gasteiger partial charge in [0.1, 0.15) is 5.75 Å². The summed E-state index contributed by atoms with van der Waals surface area (Å²) in [7, 11) is 1.91. The summed E-state index contributed by atoms with van der Waals surface area (Å²) in [5.41, 5.74) is 3.19. The highest BCUT2D eigenvalue weighted by Gasteiger charge is 2.30. The number of hydrogen-bond donors (Lipinski definition) is 2. The van der Waals surface area contributed by atoms with Gasteiger partial charge in [0.2, 0.25) is 0 Å². The maximum Gasteiger partial charge on any atom is 0.133 e. The number of phenols is 1. The molecule has 0 radical (unpaired) electrons. The highest BCUT2D eigenvalue weighted by molar-refractivity contribution is 9.10. The standard InChI is InChI=1S/C17H18BrNO2.ClH/c1-19-10-16-12-7-8-14(18)17(20)13(12)9-15(21-16)11-5-3-2-4-6-11;/h2-8,15-16,19-20H,9-10H2,1H3;1H/t15-,16+;/m1./s1. The third-order valence-electron chi connectivity index (χ3n) is 3.90. The van der Waals surface area contributed by atoms with Crippen molar-refractivity contribution in [3.63, 3.8) is 0 Å². The third-order valence-corrected chi connectivity index (χ3v) is 4.54. The van der Waals surface area contributed by atoms with Gasteiger partial charge in [-0.3, -0.25) is 0 Å². The first-order valence-electron chi connectivity index (χ1n) is 7.06. The molecule has 1 aliphatic heterocycles. The summed E-state index contributed by atoms with van der Waals surface area (Å²) in [4.78, 5) is 0. The molecule has 0 amide bonds. The van der Waals surface area contributed by atoms with Crippen molar-refractivity contribution in [2.75, 3.05) is 13.6 Å². The fraction of sp³-hybridized carbons (Fsp3) is 0.294. The second-order valence-electron chi connectivity index (χ2n) is 5.25. The van der Waals surface area contributed by atoms with Gasteiger partial charge in [-0.15, -0.1) is 12.4 Å². The first-order chi connectivity index (χ1) is 10.2. The maximum absolute atomic E-state index is 10.4. The number of hydrogen-bond acceptors (Lipinski definition) is 3. The molecule has 0 aromatic heterocycles. The number of rotatable bonds is 3. The monoisotopic (exact) mass is 383 g/mol. The van der Waals surface area contributed by atoms with Crippen LogP contribution >= 0.6 is 28.3 Å². The van der Waals surface area contributed by atoms with Crippen LogP contribution in [-0.4, -0.2) is 18.7 Å². The molecule has 118 valence electrons. The first-order valence-corrected chi connectivity index (χ1v) is 7.85. The minimum absolute atomic E-state index is 0. The van der Waals surface area contributed by atoms with Crippen LogP contribution in [0.25, 0.3) is 0 Å². The summed E-state index contributed by atoms with van der Waals surface area (Å²) in [6.45, 7) is 0.720. The molecule has 0 fully saturated rings. The molecule has 3 rings (SSSR count). The molecule has 0 saturated carbocycles. The Hall–Kier alpha value is -1.07. The van der Waals surface area contributed by atoms with Gasteiger partial charge in [0.15, 0.2) is 0 Å². The van der Waals surface area contributed by atoms with Gasteiger partial charge in [-0.25, -0.2) is 0 Å². The Kier molecular flexibility index (Phi) is 5.87. The second-order valence-corrected chi connectivity index (χ2v) is 6.10. The van der Waals surface area contributed by atoms with Gasteiger partial charge >= 0.3 is 0 Å². The lowest BCUT2D eigenvalue weighted by molar-refractivity contribution is -0.0263. The summed E-state index contributed by atoms with van der Waals surface area (Å²) in [5.74, 6) is 0.331. The average Bonchev–Trinajstić information content (AvgIpc) is 2.52. The van der Waals surface area contributed by atoms with E-state index in [1.165, 1.54) is 0 Å². The SMILES string of the molecule is CNC[C@@H]1O[C@@H](c2ccccc2)Cc2c1ccc(Br)c2O.Cl. The number of likely N-dealkylation sites (N-methyl/N-ethyl adjacent to an activating group) is 1. The predicted octanol–water partition coefficient (Wildman–Crippen LogP) is 4.15. The third kappa shape index (κ3) is 3.30. The van der Waals surface area contributed by atoms with Crippen molar-refractivity contribution in [1.82, 2.24) is 5.32 Å². The van der Waals surface area contributed by atoms with E-state index in [2.05, 4.69) is 33.4 Å². The smallest absolute Gasteiger partial charge is 0.133 e. The lowest BCUT2D eigenvalue weighted by atomic mass is 9.90. The zero-order valence-corrected chi connectivity index (χ0v) is 14.7.